The van der Waals surface area contributed by atoms with E-state index in [1.165, 1.54) is 12.1 Å². The molecule has 2 aromatic rings. The molecule has 1 fully saturated rings. The highest BCUT2D eigenvalue weighted by atomic mass is 32.2. The molecule has 4 rings (SSSR count). The molecule has 0 spiro atoms. The van der Waals surface area contributed by atoms with Crippen molar-refractivity contribution in [2.75, 3.05) is 10.1 Å². The van der Waals surface area contributed by atoms with Crippen molar-refractivity contribution in [1.82, 2.24) is 0 Å². The number of nitrogens with one attached hydrogen (secondary N) is 2. The van der Waals surface area contributed by atoms with Crippen LogP contribution in [0.25, 0.3) is 0 Å². The van der Waals surface area contributed by atoms with Crippen molar-refractivity contribution < 1.29 is 13.3 Å². The van der Waals surface area contributed by atoms with Gasteiger partial charge in [-0.25, -0.2) is 8.42 Å². The normalized spacial score (nSPS) is 21.8. The van der Waals surface area contributed by atoms with Gasteiger partial charge in [0, 0.05) is 23.4 Å². The van der Waals surface area contributed by atoms with E-state index in [9.17, 15) is 18.5 Å². The van der Waals surface area contributed by atoms with Crippen molar-refractivity contribution >= 4 is 32.8 Å². The molecule has 2 unspecified atom stereocenters. The molecule has 9 heteroatoms. The summed E-state index contributed by atoms with van der Waals surface area (Å²) in [6.07, 6.45) is 6.14. The summed E-state index contributed by atoms with van der Waals surface area (Å²) >= 11 is 0. The lowest BCUT2D eigenvalue weighted by Gasteiger charge is -2.31. The van der Waals surface area contributed by atoms with Crippen LogP contribution >= 0.6 is 0 Å². The zero-order chi connectivity index (χ0) is 19.7. The first kappa shape index (κ1) is 18.2. The molecular formula is C19H18N4O4S. The number of nitro benzene ring substituents is 1. The maximum atomic E-state index is 12.5. The van der Waals surface area contributed by atoms with Gasteiger partial charge in [-0.2, -0.15) is 5.10 Å². The first-order valence-electron chi connectivity index (χ1n) is 8.79. The minimum Gasteiger partial charge on any atom is -0.280 e. The Morgan fingerprint density at radius 3 is 2.64 bits per heavy atom. The van der Waals surface area contributed by atoms with Gasteiger partial charge in [0.25, 0.3) is 15.7 Å². The topological polar surface area (TPSA) is 114 Å². The first-order valence-corrected chi connectivity index (χ1v) is 10.3. The molecule has 0 aromatic heterocycles. The Morgan fingerprint density at radius 2 is 1.93 bits per heavy atom. The van der Waals surface area contributed by atoms with E-state index in [0.29, 0.717) is 17.5 Å². The zero-order valence-electron chi connectivity index (χ0n) is 14.8. The minimum absolute atomic E-state index is 0.154. The van der Waals surface area contributed by atoms with Crippen LogP contribution in [0.2, 0.25) is 0 Å². The monoisotopic (exact) mass is 398 g/mol. The van der Waals surface area contributed by atoms with Crippen LogP contribution in [-0.2, 0) is 10.0 Å². The van der Waals surface area contributed by atoms with Crippen LogP contribution in [-0.4, -0.2) is 19.1 Å². The summed E-state index contributed by atoms with van der Waals surface area (Å²) in [6, 6.07) is 12.1. The average Bonchev–Trinajstić information content (AvgIpc) is 3.03. The number of hydrogen-bond acceptors (Lipinski definition) is 6. The third-order valence-electron chi connectivity index (χ3n) is 4.97. The summed E-state index contributed by atoms with van der Waals surface area (Å²) in [6.45, 7) is 0. The SMILES string of the molecule is O=[N+]([O-])c1cc(S(=O)(=O)Nc2ccccc2)ccc1N/N=C1\CC2CC=CC12. The van der Waals surface area contributed by atoms with Gasteiger partial charge >= 0.3 is 0 Å². The van der Waals surface area contributed by atoms with Crippen molar-refractivity contribution in [2.45, 2.75) is 17.7 Å². The summed E-state index contributed by atoms with van der Waals surface area (Å²) in [5, 5.41) is 15.8. The highest BCUT2D eigenvalue weighted by Crippen LogP contribution is 2.40. The molecule has 8 nitrogen and oxygen atoms in total. The number of para-hydroxylation sites is 1. The van der Waals surface area contributed by atoms with E-state index in [1.54, 1.807) is 30.3 Å². The highest BCUT2D eigenvalue weighted by Gasteiger charge is 2.38. The fourth-order valence-electron chi connectivity index (χ4n) is 3.44. The summed E-state index contributed by atoms with van der Waals surface area (Å²) in [5.41, 5.74) is 3.87. The molecule has 0 amide bonds. The first-order chi connectivity index (χ1) is 13.4. The molecule has 1 saturated carbocycles. The van der Waals surface area contributed by atoms with Gasteiger partial charge in [-0.15, -0.1) is 0 Å². The predicted molar refractivity (Wildman–Crippen MR) is 107 cm³/mol. The number of fused-ring (bicyclic) bond motifs is 1. The summed E-state index contributed by atoms with van der Waals surface area (Å²) in [4.78, 5) is 10.6. The van der Waals surface area contributed by atoms with Crippen molar-refractivity contribution in [3.05, 3.63) is 70.8 Å². The quantitative estimate of drug-likeness (QED) is 0.437. The molecule has 2 aliphatic carbocycles. The maximum absolute atomic E-state index is 12.5. The van der Waals surface area contributed by atoms with Crippen LogP contribution in [0.4, 0.5) is 17.1 Å². The predicted octanol–water partition coefficient (Wildman–Crippen LogP) is 3.76. The lowest BCUT2D eigenvalue weighted by Crippen LogP contribution is -2.33. The largest absolute Gasteiger partial charge is 0.295 e. The molecule has 0 saturated heterocycles. The van der Waals surface area contributed by atoms with Crippen molar-refractivity contribution in [3.63, 3.8) is 0 Å². The van der Waals surface area contributed by atoms with Gasteiger partial charge in [-0.1, -0.05) is 30.4 Å². The summed E-state index contributed by atoms with van der Waals surface area (Å²) in [5.74, 6) is 0.897. The molecule has 0 aliphatic heterocycles. The zero-order valence-corrected chi connectivity index (χ0v) is 15.6. The Kier molecular flexibility index (Phi) is 4.60. The second kappa shape index (κ2) is 7.08. The van der Waals surface area contributed by atoms with Gasteiger partial charge in [-0.3, -0.25) is 20.3 Å². The third-order valence-corrected chi connectivity index (χ3v) is 6.35. The van der Waals surface area contributed by atoms with Gasteiger partial charge in [0.05, 0.1) is 9.82 Å². The van der Waals surface area contributed by atoms with E-state index >= 15 is 0 Å². The number of anilines is 2. The number of sulfonamides is 1. The third kappa shape index (κ3) is 3.48. The number of benzene rings is 2. The van der Waals surface area contributed by atoms with Gasteiger partial charge < -0.3 is 0 Å². The van der Waals surface area contributed by atoms with E-state index in [-0.39, 0.29) is 16.3 Å². The van der Waals surface area contributed by atoms with Crippen LogP contribution < -0.4 is 10.1 Å². The second-order valence-corrected chi connectivity index (χ2v) is 8.46. The van der Waals surface area contributed by atoms with E-state index in [4.69, 9.17) is 0 Å². The molecule has 0 heterocycles. The van der Waals surface area contributed by atoms with E-state index < -0.39 is 14.9 Å². The van der Waals surface area contributed by atoms with Crippen molar-refractivity contribution in [3.8, 4) is 0 Å². The molecule has 28 heavy (non-hydrogen) atoms. The fraction of sp³-hybridized carbons (Fsp3) is 0.211. The van der Waals surface area contributed by atoms with Crippen molar-refractivity contribution in [2.24, 2.45) is 16.9 Å². The van der Waals surface area contributed by atoms with Crippen LogP contribution in [0.5, 0.6) is 0 Å². The number of hydrogen-bond donors (Lipinski definition) is 2. The summed E-state index contributed by atoms with van der Waals surface area (Å²) in [7, 11) is -3.95. The van der Waals surface area contributed by atoms with Gasteiger partial charge in [0.2, 0.25) is 0 Å². The Labute approximate surface area is 162 Å². The van der Waals surface area contributed by atoms with Crippen LogP contribution in [0, 0.1) is 22.0 Å². The van der Waals surface area contributed by atoms with E-state index in [2.05, 4.69) is 27.4 Å². The molecule has 2 aliphatic rings. The van der Waals surface area contributed by atoms with Crippen LogP contribution in [0.1, 0.15) is 12.8 Å². The molecule has 2 aromatic carbocycles. The van der Waals surface area contributed by atoms with Crippen LogP contribution in [0.15, 0.2) is 70.7 Å². The second-order valence-electron chi connectivity index (χ2n) is 6.78. The van der Waals surface area contributed by atoms with Crippen molar-refractivity contribution in [1.29, 1.82) is 0 Å². The molecule has 2 atom stereocenters. The van der Waals surface area contributed by atoms with Gasteiger partial charge in [0.1, 0.15) is 5.69 Å². The number of nitro groups is 1. The Hall–Kier alpha value is -3.20. The Bertz CT molecular complexity index is 1080. The number of nitrogens with zero attached hydrogens (tertiary/aromatic N) is 2. The number of allylic oxidation sites excluding steroid dienone is 2. The molecule has 0 radical (unpaired) electrons. The van der Waals surface area contributed by atoms with Gasteiger partial charge in [-0.05, 0) is 43.0 Å². The van der Waals surface area contributed by atoms with Crippen LogP contribution in [0.3, 0.4) is 0 Å². The van der Waals surface area contributed by atoms with E-state index in [0.717, 1.165) is 24.6 Å². The lowest BCUT2D eigenvalue weighted by atomic mass is 9.74. The maximum Gasteiger partial charge on any atom is 0.295 e. The van der Waals surface area contributed by atoms with E-state index in [1.807, 2.05) is 0 Å². The molecular weight excluding hydrogens is 380 g/mol. The number of hydrazone groups is 1. The smallest absolute Gasteiger partial charge is 0.280 e. The lowest BCUT2D eigenvalue weighted by molar-refractivity contribution is -0.384. The molecule has 144 valence electrons. The Balaban J connectivity index is 1.57. The molecule has 2 N–H and O–H groups in total. The number of rotatable bonds is 6. The Morgan fingerprint density at radius 1 is 1.14 bits per heavy atom. The summed E-state index contributed by atoms with van der Waals surface area (Å²) < 4.78 is 27.5. The average molecular weight is 398 g/mol. The van der Waals surface area contributed by atoms with Gasteiger partial charge in [0.15, 0.2) is 0 Å². The highest BCUT2D eigenvalue weighted by molar-refractivity contribution is 7.92. The standard InChI is InChI=1S/C19H18N4O4S/c24-23(25)19-12-15(28(26,27)22-14-6-2-1-3-7-14)9-10-17(19)20-21-18-11-13-5-4-8-16(13)18/h1-4,6-10,12-13,16,20,22H,5,11H2/b21-18+. The fourth-order valence-corrected chi connectivity index (χ4v) is 4.52. The minimum atomic E-state index is -3.95. The molecule has 0 bridgehead atoms.